The van der Waals surface area contributed by atoms with Crippen LogP contribution in [0.3, 0.4) is 0 Å². The first-order valence-corrected chi connectivity index (χ1v) is 3.38. The van der Waals surface area contributed by atoms with Crippen LogP contribution in [0.5, 0.6) is 0 Å². The van der Waals surface area contributed by atoms with Gasteiger partial charge in [-0.05, 0) is 5.92 Å². The Balaban J connectivity index is 3.62. The molecule has 60 valence electrons. The van der Waals surface area contributed by atoms with Crippen molar-refractivity contribution in [1.82, 2.24) is 5.06 Å². The van der Waals surface area contributed by atoms with Crippen molar-refractivity contribution in [2.75, 3.05) is 14.2 Å². The molecule has 0 spiro atoms. The Morgan fingerprint density at radius 3 is 2.40 bits per heavy atom. The Labute approximate surface area is 61.9 Å². The van der Waals surface area contributed by atoms with E-state index in [1.807, 2.05) is 13.8 Å². The number of rotatable bonds is 3. The highest BCUT2D eigenvalue weighted by Crippen LogP contribution is 2.01. The molecule has 0 N–H and O–H groups in total. The van der Waals surface area contributed by atoms with Gasteiger partial charge in [-0.15, -0.1) is 0 Å². The number of hydrogen-bond donors (Lipinski definition) is 0. The zero-order valence-corrected chi connectivity index (χ0v) is 7.05. The van der Waals surface area contributed by atoms with Crippen molar-refractivity contribution in [3.8, 4) is 0 Å². The maximum atomic E-state index is 11.0. The highest BCUT2D eigenvalue weighted by molar-refractivity contribution is 5.74. The van der Waals surface area contributed by atoms with Gasteiger partial charge in [-0.25, -0.2) is 5.06 Å². The first-order valence-electron chi connectivity index (χ1n) is 3.38. The summed E-state index contributed by atoms with van der Waals surface area (Å²) in [5, 5.41) is 1.25. The minimum absolute atomic E-state index is 0.0255. The molecule has 0 radical (unpaired) electrons. The van der Waals surface area contributed by atoms with Crippen LogP contribution in [0, 0.1) is 5.92 Å². The molecule has 0 aromatic heterocycles. The van der Waals surface area contributed by atoms with E-state index >= 15 is 0 Å². The second kappa shape index (κ2) is 4.28. The molecule has 0 atom stereocenters. The summed E-state index contributed by atoms with van der Waals surface area (Å²) in [6.45, 7) is 4.00. The Morgan fingerprint density at radius 2 is 2.10 bits per heavy atom. The van der Waals surface area contributed by atoms with Crippen LogP contribution in [0.1, 0.15) is 20.3 Å². The molecule has 0 aliphatic carbocycles. The summed E-state index contributed by atoms with van der Waals surface area (Å²) in [6, 6.07) is 0. The fourth-order valence-corrected chi connectivity index (χ4v) is 0.580. The minimum Gasteiger partial charge on any atom is -0.275 e. The second-order valence-electron chi connectivity index (χ2n) is 2.67. The molecule has 0 aliphatic heterocycles. The van der Waals surface area contributed by atoms with Crippen molar-refractivity contribution >= 4 is 5.91 Å². The van der Waals surface area contributed by atoms with Gasteiger partial charge in [0.15, 0.2) is 0 Å². The van der Waals surface area contributed by atoms with E-state index in [0.717, 1.165) is 0 Å². The number of nitrogens with zero attached hydrogens (tertiary/aromatic N) is 1. The van der Waals surface area contributed by atoms with E-state index < -0.39 is 0 Å². The van der Waals surface area contributed by atoms with Gasteiger partial charge in [0.1, 0.15) is 0 Å². The van der Waals surface area contributed by atoms with Gasteiger partial charge in [0.25, 0.3) is 0 Å². The predicted molar refractivity (Wildman–Crippen MR) is 39.2 cm³/mol. The van der Waals surface area contributed by atoms with Crippen LogP contribution >= 0.6 is 0 Å². The summed E-state index contributed by atoms with van der Waals surface area (Å²) in [4.78, 5) is 15.7. The van der Waals surface area contributed by atoms with E-state index in [2.05, 4.69) is 0 Å². The molecular formula is C7H15NO2. The van der Waals surface area contributed by atoms with Gasteiger partial charge >= 0.3 is 0 Å². The predicted octanol–water partition coefficient (Wildman–Crippen LogP) is 1.05. The zero-order valence-electron chi connectivity index (χ0n) is 7.05. The first kappa shape index (κ1) is 9.43. The molecule has 0 aliphatic rings. The molecular weight excluding hydrogens is 130 g/mol. The second-order valence-corrected chi connectivity index (χ2v) is 2.67. The molecule has 0 fully saturated rings. The Hall–Kier alpha value is -0.570. The number of carbonyl (C=O) groups excluding carboxylic acids is 1. The molecule has 0 rings (SSSR count). The van der Waals surface area contributed by atoms with Gasteiger partial charge in [0.05, 0.1) is 7.11 Å². The van der Waals surface area contributed by atoms with Gasteiger partial charge < -0.3 is 0 Å². The highest BCUT2D eigenvalue weighted by Gasteiger charge is 2.08. The van der Waals surface area contributed by atoms with E-state index in [-0.39, 0.29) is 5.91 Å². The third-order valence-corrected chi connectivity index (χ3v) is 1.21. The average molecular weight is 145 g/mol. The maximum absolute atomic E-state index is 11.0. The van der Waals surface area contributed by atoms with Crippen molar-refractivity contribution in [2.45, 2.75) is 20.3 Å². The SMILES string of the molecule is CON(C)C(=O)CC(C)C. The largest absolute Gasteiger partial charge is 0.275 e. The van der Waals surface area contributed by atoms with Gasteiger partial charge in [0, 0.05) is 13.5 Å². The lowest BCUT2D eigenvalue weighted by Gasteiger charge is -2.14. The van der Waals surface area contributed by atoms with E-state index in [0.29, 0.717) is 12.3 Å². The van der Waals surface area contributed by atoms with Crippen LogP contribution in [0.4, 0.5) is 0 Å². The van der Waals surface area contributed by atoms with Crippen LogP contribution in [0.25, 0.3) is 0 Å². The molecule has 0 unspecified atom stereocenters. The monoisotopic (exact) mass is 145 g/mol. The lowest BCUT2D eigenvalue weighted by Crippen LogP contribution is -2.26. The summed E-state index contributed by atoms with van der Waals surface area (Å²) in [5.41, 5.74) is 0. The van der Waals surface area contributed by atoms with Crippen LogP contribution in [0.15, 0.2) is 0 Å². The third-order valence-electron chi connectivity index (χ3n) is 1.21. The lowest BCUT2D eigenvalue weighted by molar-refractivity contribution is -0.169. The Kier molecular flexibility index (Phi) is 4.03. The van der Waals surface area contributed by atoms with E-state index in [4.69, 9.17) is 4.84 Å². The standard InChI is InChI=1S/C7H15NO2/c1-6(2)5-7(9)8(3)10-4/h6H,5H2,1-4H3. The molecule has 0 heterocycles. The summed E-state index contributed by atoms with van der Waals surface area (Å²) in [6.07, 6.45) is 0.546. The smallest absolute Gasteiger partial charge is 0.246 e. The molecule has 3 heteroatoms. The van der Waals surface area contributed by atoms with Crippen LogP contribution in [0.2, 0.25) is 0 Å². The van der Waals surface area contributed by atoms with Crippen molar-refractivity contribution in [1.29, 1.82) is 0 Å². The minimum atomic E-state index is 0.0255. The fraction of sp³-hybridized carbons (Fsp3) is 0.857. The van der Waals surface area contributed by atoms with Crippen molar-refractivity contribution in [3.05, 3.63) is 0 Å². The molecule has 10 heavy (non-hydrogen) atoms. The summed E-state index contributed by atoms with van der Waals surface area (Å²) in [7, 11) is 3.10. The number of amides is 1. The summed E-state index contributed by atoms with van der Waals surface area (Å²) < 4.78 is 0. The van der Waals surface area contributed by atoms with E-state index in [9.17, 15) is 4.79 Å². The van der Waals surface area contributed by atoms with Crippen molar-refractivity contribution in [2.24, 2.45) is 5.92 Å². The molecule has 1 amide bonds. The molecule has 0 aromatic carbocycles. The highest BCUT2D eigenvalue weighted by atomic mass is 16.7. The molecule has 0 bridgehead atoms. The normalized spacial score (nSPS) is 10.1. The third kappa shape index (κ3) is 3.45. The van der Waals surface area contributed by atoms with E-state index in [1.54, 1.807) is 7.05 Å². The van der Waals surface area contributed by atoms with Crippen LogP contribution in [-0.4, -0.2) is 25.1 Å². The fourth-order valence-electron chi connectivity index (χ4n) is 0.580. The van der Waals surface area contributed by atoms with Crippen molar-refractivity contribution in [3.63, 3.8) is 0 Å². The van der Waals surface area contributed by atoms with E-state index in [1.165, 1.54) is 12.2 Å². The molecule has 0 saturated carbocycles. The van der Waals surface area contributed by atoms with Crippen LogP contribution < -0.4 is 0 Å². The van der Waals surface area contributed by atoms with Gasteiger partial charge in [-0.3, -0.25) is 9.63 Å². The Bertz CT molecular complexity index is 112. The van der Waals surface area contributed by atoms with Crippen molar-refractivity contribution < 1.29 is 9.63 Å². The van der Waals surface area contributed by atoms with Crippen LogP contribution in [-0.2, 0) is 9.63 Å². The quantitative estimate of drug-likeness (QED) is 0.555. The topological polar surface area (TPSA) is 29.5 Å². The van der Waals surface area contributed by atoms with Gasteiger partial charge in [-0.1, -0.05) is 13.8 Å². The number of hydrogen-bond acceptors (Lipinski definition) is 2. The lowest BCUT2D eigenvalue weighted by atomic mass is 10.1. The van der Waals surface area contributed by atoms with Gasteiger partial charge in [0.2, 0.25) is 5.91 Å². The van der Waals surface area contributed by atoms with Gasteiger partial charge in [-0.2, -0.15) is 0 Å². The summed E-state index contributed by atoms with van der Waals surface area (Å²) >= 11 is 0. The summed E-state index contributed by atoms with van der Waals surface area (Å²) in [5.74, 6) is 0.419. The molecule has 0 saturated heterocycles. The molecule has 0 aromatic rings. The average Bonchev–Trinajstić information content (AvgIpc) is 1.85. The number of hydroxylamine groups is 2. The zero-order chi connectivity index (χ0) is 8.15. The Morgan fingerprint density at radius 1 is 1.60 bits per heavy atom. The first-order chi connectivity index (χ1) is 4.57. The number of carbonyl (C=O) groups is 1. The maximum Gasteiger partial charge on any atom is 0.246 e. The molecule has 3 nitrogen and oxygen atoms in total.